The number of aromatic nitrogens is 1. The lowest BCUT2D eigenvalue weighted by Gasteiger charge is -2.34. The third kappa shape index (κ3) is 4.07. The van der Waals surface area contributed by atoms with E-state index in [1.54, 1.807) is 35.2 Å². The van der Waals surface area contributed by atoms with Crippen molar-refractivity contribution in [2.24, 2.45) is 0 Å². The van der Waals surface area contributed by atoms with Crippen LogP contribution in [0.4, 0.5) is 5.13 Å². The van der Waals surface area contributed by atoms with Crippen LogP contribution < -0.4 is 4.90 Å². The van der Waals surface area contributed by atoms with E-state index in [-0.39, 0.29) is 10.8 Å². The third-order valence-corrected chi connectivity index (χ3v) is 7.53. The van der Waals surface area contributed by atoms with Gasteiger partial charge in [0.05, 0.1) is 20.2 Å². The number of sulfone groups is 1. The molecule has 3 aromatic rings. The molecule has 0 aliphatic carbocycles. The summed E-state index contributed by atoms with van der Waals surface area (Å²) in [5.74, 6) is -0.130. The zero-order chi connectivity index (χ0) is 20.8. The molecule has 1 aliphatic heterocycles. The molecule has 152 valence electrons. The number of fused-ring (bicyclic) bond motifs is 1. The fraction of sp³-hybridized carbons (Fsp3) is 0.263. The standard InChI is InChI=1S/C19H17Cl2N3O3S2/c1-29(26,27)16-4-2-3-15-17(16)22-19(28-15)24-9-7-23(8-10-24)18(25)13-6-5-12(20)11-14(13)21/h2-6,11H,7-10H2,1H3. The molecular formula is C19H17Cl2N3O3S2. The molecule has 0 radical (unpaired) electrons. The summed E-state index contributed by atoms with van der Waals surface area (Å²) in [5.41, 5.74) is 0.934. The summed E-state index contributed by atoms with van der Waals surface area (Å²) in [6, 6.07) is 10.0. The number of amides is 1. The van der Waals surface area contributed by atoms with Crippen molar-refractivity contribution >= 4 is 65.6 Å². The van der Waals surface area contributed by atoms with Gasteiger partial charge in [-0.05, 0) is 30.3 Å². The molecule has 1 fully saturated rings. The molecule has 0 unspecified atom stereocenters. The van der Waals surface area contributed by atoms with E-state index in [1.165, 1.54) is 17.6 Å². The van der Waals surface area contributed by atoms with Gasteiger partial charge in [-0.3, -0.25) is 4.79 Å². The van der Waals surface area contributed by atoms with E-state index in [2.05, 4.69) is 9.88 Å². The average molecular weight is 470 g/mol. The topological polar surface area (TPSA) is 70.6 Å². The Balaban J connectivity index is 1.52. The molecule has 2 aromatic carbocycles. The van der Waals surface area contributed by atoms with Crippen molar-refractivity contribution in [1.29, 1.82) is 0 Å². The molecule has 0 N–H and O–H groups in total. The van der Waals surface area contributed by atoms with Crippen LogP contribution in [-0.2, 0) is 9.84 Å². The Morgan fingerprint density at radius 3 is 2.48 bits per heavy atom. The van der Waals surface area contributed by atoms with Crippen LogP contribution >= 0.6 is 34.5 Å². The normalized spacial score (nSPS) is 15.1. The van der Waals surface area contributed by atoms with Crippen LogP contribution in [0.2, 0.25) is 10.0 Å². The first kappa shape index (κ1) is 20.4. The summed E-state index contributed by atoms with van der Waals surface area (Å²) in [6.07, 6.45) is 1.19. The Hall–Kier alpha value is -1.87. The minimum Gasteiger partial charge on any atom is -0.345 e. The maximum atomic E-state index is 12.8. The van der Waals surface area contributed by atoms with Gasteiger partial charge in [-0.15, -0.1) is 0 Å². The number of anilines is 1. The minimum atomic E-state index is -3.35. The van der Waals surface area contributed by atoms with E-state index >= 15 is 0 Å². The largest absolute Gasteiger partial charge is 0.345 e. The van der Waals surface area contributed by atoms with Crippen molar-refractivity contribution in [3.63, 3.8) is 0 Å². The number of benzene rings is 2. The number of carbonyl (C=O) groups is 1. The van der Waals surface area contributed by atoms with Crippen molar-refractivity contribution in [1.82, 2.24) is 9.88 Å². The highest BCUT2D eigenvalue weighted by atomic mass is 35.5. The highest BCUT2D eigenvalue weighted by molar-refractivity contribution is 7.91. The van der Waals surface area contributed by atoms with Crippen molar-refractivity contribution in [2.75, 3.05) is 37.3 Å². The van der Waals surface area contributed by atoms with E-state index in [4.69, 9.17) is 23.2 Å². The highest BCUT2D eigenvalue weighted by Gasteiger charge is 2.26. The Labute approximate surface area is 182 Å². The predicted molar refractivity (Wildman–Crippen MR) is 117 cm³/mol. The lowest BCUT2D eigenvalue weighted by molar-refractivity contribution is 0.0747. The van der Waals surface area contributed by atoms with Gasteiger partial charge in [-0.1, -0.05) is 40.6 Å². The minimum absolute atomic E-state index is 0.130. The maximum absolute atomic E-state index is 12.8. The van der Waals surface area contributed by atoms with Crippen molar-refractivity contribution in [3.8, 4) is 0 Å². The first-order chi connectivity index (χ1) is 13.7. The molecule has 2 heterocycles. The zero-order valence-corrected chi connectivity index (χ0v) is 18.6. The lowest BCUT2D eigenvalue weighted by atomic mass is 10.2. The molecule has 0 atom stereocenters. The molecule has 1 amide bonds. The summed E-state index contributed by atoms with van der Waals surface area (Å²) in [4.78, 5) is 21.4. The molecule has 1 aliphatic rings. The Kier molecular flexibility index (Phi) is 5.46. The van der Waals surface area contributed by atoms with Gasteiger partial charge >= 0.3 is 0 Å². The number of piperazine rings is 1. The number of hydrogen-bond donors (Lipinski definition) is 0. The van der Waals surface area contributed by atoms with Crippen molar-refractivity contribution in [2.45, 2.75) is 4.90 Å². The number of hydrogen-bond acceptors (Lipinski definition) is 6. The van der Waals surface area contributed by atoms with Gasteiger partial charge in [0.25, 0.3) is 5.91 Å². The second-order valence-electron chi connectivity index (χ2n) is 6.77. The first-order valence-corrected chi connectivity index (χ1v) is 12.3. The average Bonchev–Trinajstić information content (AvgIpc) is 3.11. The quantitative estimate of drug-likeness (QED) is 0.580. The Bertz CT molecular complexity index is 1200. The van der Waals surface area contributed by atoms with Crippen LogP contribution in [0.3, 0.4) is 0 Å². The maximum Gasteiger partial charge on any atom is 0.255 e. The molecule has 1 aromatic heterocycles. The monoisotopic (exact) mass is 469 g/mol. The van der Waals surface area contributed by atoms with Crippen LogP contribution in [0.1, 0.15) is 10.4 Å². The van der Waals surface area contributed by atoms with Gasteiger partial charge in [0.2, 0.25) is 0 Å². The molecule has 10 heteroatoms. The summed E-state index contributed by atoms with van der Waals surface area (Å²) in [6.45, 7) is 2.25. The fourth-order valence-electron chi connectivity index (χ4n) is 3.28. The molecule has 29 heavy (non-hydrogen) atoms. The van der Waals surface area contributed by atoms with Crippen LogP contribution in [0.15, 0.2) is 41.3 Å². The highest BCUT2D eigenvalue weighted by Crippen LogP contribution is 2.33. The molecule has 0 spiro atoms. The molecule has 0 saturated carbocycles. The van der Waals surface area contributed by atoms with Crippen molar-refractivity contribution < 1.29 is 13.2 Å². The number of thiazole rings is 1. The first-order valence-electron chi connectivity index (χ1n) is 8.83. The van der Waals surface area contributed by atoms with Gasteiger partial charge in [-0.2, -0.15) is 0 Å². The summed E-state index contributed by atoms with van der Waals surface area (Å²) in [5, 5.41) is 1.58. The van der Waals surface area contributed by atoms with E-state index in [1.807, 2.05) is 6.07 Å². The van der Waals surface area contributed by atoms with Gasteiger partial charge in [0.1, 0.15) is 5.52 Å². The molecule has 0 bridgehead atoms. The van der Waals surface area contributed by atoms with Crippen LogP contribution in [0, 0.1) is 0 Å². The van der Waals surface area contributed by atoms with Crippen LogP contribution in [0.25, 0.3) is 10.2 Å². The number of carbonyl (C=O) groups excluding carboxylic acids is 1. The molecular weight excluding hydrogens is 453 g/mol. The second kappa shape index (κ2) is 7.75. The van der Waals surface area contributed by atoms with Gasteiger partial charge < -0.3 is 9.80 Å². The summed E-state index contributed by atoms with van der Waals surface area (Å²) < 4.78 is 24.9. The van der Waals surface area contributed by atoms with E-state index in [0.29, 0.717) is 47.3 Å². The molecule has 6 nitrogen and oxygen atoms in total. The van der Waals surface area contributed by atoms with Crippen LogP contribution in [-0.4, -0.2) is 56.6 Å². The van der Waals surface area contributed by atoms with E-state index in [9.17, 15) is 13.2 Å². The van der Waals surface area contributed by atoms with Crippen molar-refractivity contribution in [3.05, 3.63) is 52.0 Å². The summed E-state index contributed by atoms with van der Waals surface area (Å²) >= 11 is 13.5. The number of nitrogens with zero attached hydrogens (tertiary/aromatic N) is 3. The number of rotatable bonds is 3. The fourth-order valence-corrected chi connectivity index (χ4v) is 5.71. The van der Waals surface area contributed by atoms with Gasteiger partial charge in [0, 0.05) is 37.5 Å². The smallest absolute Gasteiger partial charge is 0.255 e. The zero-order valence-electron chi connectivity index (χ0n) is 15.4. The van der Waals surface area contributed by atoms with Gasteiger partial charge in [0.15, 0.2) is 15.0 Å². The lowest BCUT2D eigenvalue weighted by Crippen LogP contribution is -2.48. The predicted octanol–water partition coefficient (Wildman–Crippen LogP) is 3.97. The molecule has 4 rings (SSSR count). The van der Waals surface area contributed by atoms with Crippen LogP contribution in [0.5, 0.6) is 0 Å². The van der Waals surface area contributed by atoms with E-state index in [0.717, 1.165) is 9.83 Å². The second-order valence-corrected chi connectivity index (χ2v) is 10.6. The van der Waals surface area contributed by atoms with Gasteiger partial charge in [-0.25, -0.2) is 13.4 Å². The van der Waals surface area contributed by atoms with E-state index < -0.39 is 9.84 Å². The summed E-state index contributed by atoms with van der Waals surface area (Å²) in [7, 11) is -3.35. The SMILES string of the molecule is CS(=O)(=O)c1cccc2sc(N3CCN(C(=O)c4ccc(Cl)cc4Cl)CC3)nc12. The molecule has 1 saturated heterocycles. The number of halogens is 2. The number of para-hydroxylation sites is 1. The third-order valence-electron chi connectivity index (χ3n) is 4.77. The Morgan fingerprint density at radius 2 is 1.83 bits per heavy atom. The Morgan fingerprint density at radius 1 is 1.10 bits per heavy atom.